The molecule has 4 rings (SSSR count). The summed E-state index contributed by atoms with van der Waals surface area (Å²) in [6.07, 6.45) is 3.04. The second kappa shape index (κ2) is 8.34. The standard InChI is InChI=1S/C18H18N3O.BF4/c1-3-7-15(8-4-1)11-17-12-22-13-18-19-21(14-20(17)18)16-9-5-2-6-10-16;2-1(3,4)5/h1-10,14,17H,11-13H2;/q+1;-1/t17-;/m1./s1. The Morgan fingerprint density at radius 1 is 1.00 bits per heavy atom. The molecule has 0 unspecified atom stereocenters. The fraction of sp³-hybridized carbons (Fsp3) is 0.222. The largest absolute Gasteiger partial charge is 0.673 e. The molecule has 1 aliphatic rings. The molecule has 0 fully saturated rings. The van der Waals surface area contributed by atoms with Crippen molar-refractivity contribution in [1.82, 2.24) is 9.78 Å². The van der Waals surface area contributed by atoms with Crippen LogP contribution in [0, 0.1) is 0 Å². The van der Waals surface area contributed by atoms with Gasteiger partial charge in [0.15, 0.2) is 0 Å². The summed E-state index contributed by atoms with van der Waals surface area (Å²) in [7, 11) is -6.00. The van der Waals surface area contributed by atoms with Gasteiger partial charge in [0.25, 0.3) is 0 Å². The molecule has 3 aromatic rings. The highest BCUT2D eigenvalue weighted by molar-refractivity contribution is 6.50. The Morgan fingerprint density at radius 2 is 1.59 bits per heavy atom. The van der Waals surface area contributed by atoms with E-state index in [0.717, 1.165) is 24.5 Å². The van der Waals surface area contributed by atoms with Gasteiger partial charge in [0.1, 0.15) is 18.3 Å². The maximum absolute atomic E-state index is 9.75. The number of rotatable bonds is 3. The van der Waals surface area contributed by atoms with Gasteiger partial charge in [0.2, 0.25) is 6.33 Å². The van der Waals surface area contributed by atoms with Crippen molar-refractivity contribution in [3.8, 4) is 5.69 Å². The monoisotopic (exact) mass is 379 g/mol. The summed E-state index contributed by atoms with van der Waals surface area (Å²) in [5.41, 5.74) is 2.40. The van der Waals surface area contributed by atoms with Gasteiger partial charge in [0.05, 0.1) is 6.61 Å². The summed E-state index contributed by atoms with van der Waals surface area (Å²) in [6.45, 7) is 1.30. The van der Waals surface area contributed by atoms with Crippen molar-refractivity contribution in [2.75, 3.05) is 6.61 Å². The topological polar surface area (TPSA) is 30.9 Å². The van der Waals surface area contributed by atoms with Crippen molar-refractivity contribution in [3.05, 3.63) is 78.4 Å². The smallest absolute Gasteiger partial charge is 0.418 e. The van der Waals surface area contributed by atoms with Crippen LogP contribution in [0.1, 0.15) is 17.4 Å². The number of aromatic nitrogens is 3. The Kier molecular flexibility index (Phi) is 5.90. The highest BCUT2D eigenvalue weighted by atomic mass is 19.5. The molecule has 142 valence electrons. The van der Waals surface area contributed by atoms with Crippen LogP contribution in [0.4, 0.5) is 17.3 Å². The lowest BCUT2D eigenvalue weighted by molar-refractivity contribution is -0.742. The number of ether oxygens (including phenoxy) is 1. The van der Waals surface area contributed by atoms with Crippen LogP contribution in [-0.2, 0) is 17.8 Å². The minimum Gasteiger partial charge on any atom is -0.418 e. The number of halogens is 4. The van der Waals surface area contributed by atoms with E-state index < -0.39 is 7.25 Å². The summed E-state index contributed by atoms with van der Waals surface area (Å²) in [5, 5.41) is 4.67. The van der Waals surface area contributed by atoms with Crippen molar-refractivity contribution >= 4 is 7.25 Å². The normalized spacial score (nSPS) is 16.2. The van der Waals surface area contributed by atoms with Gasteiger partial charge in [0, 0.05) is 11.5 Å². The molecule has 4 nitrogen and oxygen atoms in total. The van der Waals surface area contributed by atoms with Crippen LogP contribution in [0.3, 0.4) is 0 Å². The maximum atomic E-state index is 9.75. The Hall–Kier alpha value is -2.68. The van der Waals surface area contributed by atoms with Gasteiger partial charge in [-0.2, -0.15) is 0 Å². The minimum atomic E-state index is -6.00. The lowest BCUT2D eigenvalue weighted by Crippen LogP contribution is -2.48. The second-order valence-corrected chi connectivity index (χ2v) is 6.07. The molecule has 9 heteroatoms. The third kappa shape index (κ3) is 5.65. The van der Waals surface area contributed by atoms with Crippen LogP contribution in [0.5, 0.6) is 0 Å². The van der Waals surface area contributed by atoms with Crippen LogP contribution in [-0.4, -0.2) is 23.6 Å². The molecule has 0 aliphatic carbocycles. The average molecular weight is 379 g/mol. The first kappa shape index (κ1) is 19.1. The lowest BCUT2D eigenvalue weighted by Gasteiger charge is -2.19. The lowest BCUT2D eigenvalue weighted by atomic mass is 10.1. The van der Waals surface area contributed by atoms with Crippen LogP contribution in [0.2, 0.25) is 0 Å². The summed E-state index contributed by atoms with van der Waals surface area (Å²) in [6, 6.07) is 21.0. The van der Waals surface area contributed by atoms with E-state index in [2.05, 4.69) is 52.4 Å². The third-order valence-electron chi connectivity index (χ3n) is 4.02. The zero-order valence-corrected chi connectivity index (χ0v) is 14.4. The average Bonchev–Trinajstić information content (AvgIpc) is 3.07. The van der Waals surface area contributed by atoms with Crippen molar-refractivity contribution in [2.45, 2.75) is 19.1 Å². The third-order valence-corrected chi connectivity index (χ3v) is 4.02. The van der Waals surface area contributed by atoms with Crippen LogP contribution in [0.15, 0.2) is 67.0 Å². The molecule has 0 saturated heterocycles. The molecule has 1 atom stereocenters. The predicted molar refractivity (Wildman–Crippen MR) is 92.8 cm³/mol. The zero-order valence-electron chi connectivity index (χ0n) is 14.4. The van der Waals surface area contributed by atoms with Crippen molar-refractivity contribution < 1.29 is 26.6 Å². The van der Waals surface area contributed by atoms with Crippen LogP contribution in [0.25, 0.3) is 5.69 Å². The number of nitrogens with zero attached hydrogens (tertiary/aromatic N) is 3. The first-order valence-corrected chi connectivity index (χ1v) is 8.44. The molecule has 27 heavy (non-hydrogen) atoms. The number of para-hydroxylation sites is 1. The molecule has 0 amide bonds. The molecule has 2 aromatic carbocycles. The molecule has 1 aliphatic heterocycles. The highest BCUT2D eigenvalue weighted by Gasteiger charge is 2.29. The number of hydrogen-bond donors (Lipinski definition) is 0. The fourth-order valence-corrected chi connectivity index (χ4v) is 2.91. The molecular weight excluding hydrogens is 361 g/mol. The Morgan fingerprint density at radius 3 is 2.22 bits per heavy atom. The highest BCUT2D eigenvalue weighted by Crippen LogP contribution is 2.16. The van der Waals surface area contributed by atoms with E-state index in [9.17, 15) is 17.3 Å². The van der Waals surface area contributed by atoms with E-state index in [4.69, 9.17) is 4.74 Å². The van der Waals surface area contributed by atoms with Gasteiger partial charge in [-0.1, -0.05) is 53.2 Å². The Labute approximate surface area is 154 Å². The molecular formula is C18H18BF4N3O. The quantitative estimate of drug-likeness (QED) is 0.394. The molecule has 1 aromatic heterocycles. The molecule has 2 heterocycles. The van der Waals surface area contributed by atoms with E-state index >= 15 is 0 Å². The Balaban J connectivity index is 0.000000376. The van der Waals surface area contributed by atoms with Crippen molar-refractivity contribution in [1.29, 1.82) is 0 Å². The van der Waals surface area contributed by atoms with Crippen molar-refractivity contribution in [3.63, 3.8) is 0 Å². The van der Waals surface area contributed by atoms with Gasteiger partial charge in [-0.25, -0.2) is 4.57 Å². The molecule has 0 bridgehead atoms. The van der Waals surface area contributed by atoms with E-state index in [1.54, 1.807) is 0 Å². The summed E-state index contributed by atoms with van der Waals surface area (Å²) in [5.74, 6) is 0.982. The second-order valence-electron chi connectivity index (χ2n) is 6.07. The molecule has 0 saturated carbocycles. The van der Waals surface area contributed by atoms with E-state index in [-0.39, 0.29) is 0 Å². The van der Waals surface area contributed by atoms with Gasteiger partial charge in [-0.15, -0.1) is 0 Å². The zero-order chi connectivity index (χ0) is 19.3. The van der Waals surface area contributed by atoms with Gasteiger partial charge < -0.3 is 22.0 Å². The number of hydrogen-bond acceptors (Lipinski definition) is 2. The van der Waals surface area contributed by atoms with Crippen LogP contribution >= 0.6 is 0 Å². The Bertz CT molecular complexity index is 850. The van der Waals surface area contributed by atoms with Gasteiger partial charge in [-0.05, 0) is 17.7 Å². The van der Waals surface area contributed by atoms with Crippen molar-refractivity contribution in [2.24, 2.45) is 0 Å². The summed E-state index contributed by atoms with van der Waals surface area (Å²) in [4.78, 5) is 0. The summed E-state index contributed by atoms with van der Waals surface area (Å²) < 4.78 is 48.9. The van der Waals surface area contributed by atoms with Gasteiger partial charge in [-0.3, -0.25) is 0 Å². The van der Waals surface area contributed by atoms with Gasteiger partial charge >= 0.3 is 13.1 Å². The van der Waals surface area contributed by atoms with E-state index in [0.29, 0.717) is 12.6 Å². The molecule has 0 radical (unpaired) electrons. The SMILES string of the molecule is F[B-](F)(F)F.c1ccc(C[C@@H]2COCc3nn(-c4ccccc4)c[n+]32)cc1. The number of fused-ring (bicyclic) bond motifs is 1. The van der Waals surface area contributed by atoms with E-state index in [1.807, 2.05) is 28.9 Å². The fourth-order valence-electron chi connectivity index (χ4n) is 2.91. The maximum Gasteiger partial charge on any atom is 0.673 e. The molecule has 0 N–H and O–H groups in total. The molecule has 0 spiro atoms. The first-order chi connectivity index (χ1) is 12.9. The number of benzene rings is 2. The van der Waals surface area contributed by atoms with Crippen LogP contribution < -0.4 is 4.57 Å². The summed E-state index contributed by atoms with van der Waals surface area (Å²) >= 11 is 0. The first-order valence-electron chi connectivity index (χ1n) is 8.44. The minimum absolute atomic E-state index is 0.295. The van der Waals surface area contributed by atoms with E-state index in [1.165, 1.54) is 5.56 Å². The predicted octanol–water partition coefficient (Wildman–Crippen LogP) is 3.77.